The molecule has 37 heavy (non-hydrogen) atoms. The van der Waals surface area contributed by atoms with E-state index in [0.717, 1.165) is 5.56 Å². The quantitative estimate of drug-likeness (QED) is 0.444. The Bertz CT molecular complexity index is 1280. The van der Waals surface area contributed by atoms with Gasteiger partial charge in [0, 0.05) is 31.4 Å². The summed E-state index contributed by atoms with van der Waals surface area (Å²) in [5, 5.41) is 12.3. The lowest BCUT2D eigenvalue weighted by Gasteiger charge is -2.18. The Balaban J connectivity index is 1.45. The van der Waals surface area contributed by atoms with Gasteiger partial charge in [0.1, 0.15) is 17.3 Å². The second kappa shape index (κ2) is 10.8. The number of rotatable bonds is 8. The van der Waals surface area contributed by atoms with Gasteiger partial charge in [-0.2, -0.15) is 0 Å². The standard InChI is InChI=1S/C26H24F3N3O5/c1-36-22-7-5-17(12-21(22)24(33)32-10-9-19(15-32)25(34)35)18-6-8-23(31-14-18)30-13-16-3-2-4-20(11-16)37-26(27,28)29/h2-8,11-12,14,19H,9-10,13,15H2,1H3,(H,30,31)(H,34,35). The van der Waals surface area contributed by atoms with E-state index in [1.54, 1.807) is 42.6 Å². The van der Waals surface area contributed by atoms with Gasteiger partial charge in [-0.15, -0.1) is 13.2 Å². The van der Waals surface area contributed by atoms with Crippen LogP contribution in [-0.4, -0.2) is 53.4 Å². The molecule has 1 unspecified atom stereocenters. The van der Waals surface area contributed by atoms with E-state index in [0.29, 0.717) is 41.2 Å². The fourth-order valence-electron chi connectivity index (χ4n) is 4.09. The lowest BCUT2D eigenvalue weighted by atomic mass is 10.0. The van der Waals surface area contributed by atoms with E-state index in [-0.39, 0.29) is 24.7 Å². The maximum absolute atomic E-state index is 13.1. The number of methoxy groups -OCH3 is 1. The summed E-state index contributed by atoms with van der Waals surface area (Å²) in [7, 11) is 1.46. The number of anilines is 1. The molecule has 1 aromatic heterocycles. The van der Waals surface area contributed by atoms with Crippen LogP contribution in [0.4, 0.5) is 19.0 Å². The fourth-order valence-corrected chi connectivity index (χ4v) is 4.09. The number of alkyl halides is 3. The van der Waals surface area contributed by atoms with E-state index < -0.39 is 18.2 Å². The first-order valence-electron chi connectivity index (χ1n) is 11.4. The normalized spacial score (nSPS) is 15.4. The van der Waals surface area contributed by atoms with Crippen LogP contribution in [0.25, 0.3) is 11.1 Å². The lowest BCUT2D eigenvalue weighted by molar-refractivity contribution is -0.274. The number of hydrogen-bond donors (Lipinski definition) is 2. The molecule has 2 heterocycles. The number of nitrogens with one attached hydrogen (secondary N) is 1. The Kier molecular flexibility index (Phi) is 7.51. The molecule has 1 aliphatic heterocycles. The number of benzene rings is 2. The van der Waals surface area contributed by atoms with Gasteiger partial charge < -0.3 is 24.8 Å². The number of aromatic nitrogens is 1. The number of ether oxygens (including phenoxy) is 2. The minimum Gasteiger partial charge on any atom is -0.496 e. The molecule has 11 heteroatoms. The number of pyridine rings is 1. The van der Waals surface area contributed by atoms with Crippen molar-refractivity contribution in [2.75, 3.05) is 25.5 Å². The van der Waals surface area contributed by atoms with Crippen molar-refractivity contribution in [1.82, 2.24) is 9.88 Å². The Morgan fingerprint density at radius 1 is 1.14 bits per heavy atom. The molecular formula is C26H24F3N3O5. The van der Waals surface area contributed by atoms with Crippen molar-refractivity contribution in [3.8, 4) is 22.6 Å². The summed E-state index contributed by atoms with van der Waals surface area (Å²) in [6.45, 7) is 0.737. The van der Waals surface area contributed by atoms with E-state index in [9.17, 15) is 27.9 Å². The second-order valence-corrected chi connectivity index (χ2v) is 8.47. The van der Waals surface area contributed by atoms with Crippen LogP contribution in [-0.2, 0) is 11.3 Å². The number of likely N-dealkylation sites (tertiary alicyclic amines) is 1. The minimum atomic E-state index is -4.76. The second-order valence-electron chi connectivity index (χ2n) is 8.47. The van der Waals surface area contributed by atoms with Crippen molar-refractivity contribution < 1.29 is 37.3 Å². The van der Waals surface area contributed by atoms with E-state index in [1.807, 2.05) is 0 Å². The molecule has 1 atom stereocenters. The van der Waals surface area contributed by atoms with Crippen molar-refractivity contribution in [1.29, 1.82) is 0 Å². The highest BCUT2D eigenvalue weighted by Gasteiger charge is 2.33. The first-order valence-corrected chi connectivity index (χ1v) is 11.4. The first kappa shape index (κ1) is 25.8. The van der Waals surface area contributed by atoms with Crippen LogP contribution in [0.5, 0.6) is 11.5 Å². The third-order valence-corrected chi connectivity index (χ3v) is 5.96. The predicted octanol–water partition coefficient (Wildman–Crippen LogP) is 4.81. The van der Waals surface area contributed by atoms with Crippen molar-refractivity contribution >= 4 is 17.7 Å². The predicted molar refractivity (Wildman–Crippen MR) is 128 cm³/mol. The summed E-state index contributed by atoms with van der Waals surface area (Å²) < 4.78 is 46.6. The van der Waals surface area contributed by atoms with Crippen molar-refractivity contribution in [3.05, 3.63) is 71.9 Å². The van der Waals surface area contributed by atoms with Crippen LogP contribution in [0.1, 0.15) is 22.3 Å². The van der Waals surface area contributed by atoms with Gasteiger partial charge in [-0.3, -0.25) is 9.59 Å². The van der Waals surface area contributed by atoms with E-state index in [4.69, 9.17) is 4.74 Å². The molecule has 1 amide bonds. The topological polar surface area (TPSA) is 101 Å². The number of carbonyl (C=O) groups is 2. The SMILES string of the molecule is COc1ccc(-c2ccc(NCc3cccc(OC(F)(F)F)c3)nc2)cc1C(=O)N1CCC(C(=O)O)C1. The van der Waals surface area contributed by atoms with E-state index in [2.05, 4.69) is 15.0 Å². The average molecular weight is 515 g/mol. The molecular weight excluding hydrogens is 491 g/mol. The summed E-state index contributed by atoms with van der Waals surface area (Å²) in [6.07, 6.45) is -2.75. The molecule has 0 saturated carbocycles. The molecule has 8 nitrogen and oxygen atoms in total. The van der Waals surface area contributed by atoms with Crippen LogP contribution in [0.2, 0.25) is 0 Å². The Labute approximate surface area is 210 Å². The summed E-state index contributed by atoms with van der Waals surface area (Å²) in [5.74, 6) is -1.21. The summed E-state index contributed by atoms with van der Waals surface area (Å²) in [5.41, 5.74) is 2.36. The van der Waals surface area contributed by atoms with Crippen LogP contribution in [0.15, 0.2) is 60.8 Å². The fraction of sp³-hybridized carbons (Fsp3) is 0.269. The van der Waals surface area contributed by atoms with E-state index in [1.165, 1.54) is 30.2 Å². The molecule has 194 valence electrons. The molecule has 2 N–H and O–H groups in total. The zero-order chi connectivity index (χ0) is 26.6. The maximum Gasteiger partial charge on any atom is 0.573 e. The lowest BCUT2D eigenvalue weighted by Crippen LogP contribution is -2.30. The number of halogens is 3. The van der Waals surface area contributed by atoms with Gasteiger partial charge >= 0.3 is 12.3 Å². The number of aliphatic carboxylic acids is 1. The van der Waals surface area contributed by atoms with Gasteiger partial charge in [0.05, 0.1) is 18.6 Å². The Morgan fingerprint density at radius 2 is 1.92 bits per heavy atom. The van der Waals surface area contributed by atoms with Crippen molar-refractivity contribution in [2.45, 2.75) is 19.3 Å². The number of hydrogen-bond acceptors (Lipinski definition) is 6. The Morgan fingerprint density at radius 3 is 2.57 bits per heavy atom. The third kappa shape index (κ3) is 6.49. The van der Waals surface area contributed by atoms with Gasteiger partial charge in [0.15, 0.2) is 0 Å². The zero-order valence-corrected chi connectivity index (χ0v) is 19.8. The average Bonchev–Trinajstić information content (AvgIpc) is 3.37. The number of carboxylic acids is 1. The first-order chi connectivity index (χ1) is 17.6. The van der Waals surface area contributed by atoms with Gasteiger partial charge in [-0.05, 0) is 53.9 Å². The monoisotopic (exact) mass is 515 g/mol. The molecule has 0 aliphatic carbocycles. The van der Waals surface area contributed by atoms with E-state index >= 15 is 0 Å². The van der Waals surface area contributed by atoms with Gasteiger partial charge in [-0.1, -0.05) is 18.2 Å². The largest absolute Gasteiger partial charge is 0.573 e. The highest BCUT2D eigenvalue weighted by molar-refractivity contribution is 5.98. The van der Waals surface area contributed by atoms with Crippen LogP contribution < -0.4 is 14.8 Å². The highest BCUT2D eigenvalue weighted by Crippen LogP contribution is 2.30. The molecule has 1 aliphatic rings. The molecule has 2 aromatic carbocycles. The van der Waals surface area contributed by atoms with Gasteiger partial charge in [0.2, 0.25) is 0 Å². The van der Waals surface area contributed by atoms with Crippen LogP contribution >= 0.6 is 0 Å². The number of carbonyl (C=O) groups excluding carboxylic acids is 1. The number of amides is 1. The van der Waals surface area contributed by atoms with Crippen molar-refractivity contribution in [2.24, 2.45) is 5.92 Å². The number of nitrogens with zero attached hydrogens (tertiary/aromatic N) is 2. The summed E-state index contributed by atoms with van der Waals surface area (Å²) in [4.78, 5) is 30.3. The highest BCUT2D eigenvalue weighted by atomic mass is 19.4. The molecule has 0 radical (unpaired) electrons. The molecule has 4 rings (SSSR count). The molecule has 0 spiro atoms. The summed E-state index contributed by atoms with van der Waals surface area (Å²) >= 11 is 0. The maximum atomic E-state index is 13.1. The third-order valence-electron chi connectivity index (χ3n) is 5.96. The van der Waals surface area contributed by atoms with Crippen LogP contribution in [0, 0.1) is 5.92 Å². The Hall–Kier alpha value is -4.28. The molecule has 3 aromatic rings. The molecule has 1 fully saturated rings. The summed E-state index contributed by atoms with van der Waals surface area (Å²) in [6, 6.07) is 14.3. The smallest absolute Gasteiger partial charge is 0.496 e. The minimum absolute atomic E-state index is 0.148. The zero-order valence-electron chi connectivity index (χ0n) is 19.8. The van der Waals surface area contributed by atoms with Crippen molar-refractivity contribution in [3.63, 3.8) is 0 Å². The molecule has 0 bridgehead atoms. The molecule has 1 saturated heterocycles. The number of carboxylic acid groups (broad SMARTS) is 1. The van der Waals surface area contributed by atoms with Crippen LogP contribution in [0.3, 0.4) is 0 Å². The van der Waals surface area contributed by atoms with Gasteiger partial charge in [0.25, 0.3) is 5.91 Å². The van der Waals surface area contributed by atoms with Gasteiger partial charge in [-0.25, -0.2) is 4.98 Å².